The van der Waals surface area contributed by atoms with Crippen molar-refractivity contribution in [3.8, 4) is 17.1 Å². The van der Waals surface area contributed by atoms with Crippen LogP contribution in [0, 0.1) is 6.92 Å². The number of ether oxygens (including phenoxy) is 1. The number of nitrogens with one attached hydrogen (secondary N) is 1. The highest BCUT2D eigenvalue weighted by Gasteiger charge is 2.20. The fraction of sp³-hybridized carbons (Fsp3) is 0.238. The fourth-order valence-electron chi connectivity index (χ4n) is 3.18. The molecule has 1 aliphatic rings. The van der Waals surface area contributed by atoms with E-state index in [1.54, 1.807) is 0 Å². The van der Waals surface area contributed by atoms with E-state index in [0.717, 1.165) is 29.0 Å². The van der Waals surface area contributed by atoms with Gasteiger partial charge in [0.1, 0.15) is 11.9 Å². The van der Waals surface area contributed by atoms with E-state index < -0.39 is 0 Å². The first kappa shape index (κ1) is 16.4. The molecule has 2 aromatic carbocycles. The summed E-state index contributed by atoms with van der Waals surface area (Å²) in [5, 5.41) is 6.95. The molecule has 0 radical (unpaired) electrons. The Hall–Kier alpha value is -3.08. The SMILES string of the molecule is Cc1ccccc1NC(=O)Cc1cc(-c2ccc3c(c2)CC(C)O3)on1. The van der Waals surface area contributed by atoms with Crippen molar-refractivity contribution in [1.82, 2.24) is 5.16 Å². The van der Waals surface area contributed by atoms with Gasteiger partial charge in [0, 0.05) is 23.7 Å². The molecular weight excluding hydrogens is 328 g/mol. The number of aromatic nitrogens is 1. The van der Waals surface area contributed by atoms with E-state index in [4.69, 9.17) is 9.26 Å². The molecular formula is C21H20N2O3. The lowest BCUT2D eigenvalue weighted by atomic mass is 10.1. The average molecular weight is 348 g/mol. The van der Waals surface area contributed by atoms with Crippen LogP contribution in [0.5, 0.6) is 5.75 Å². The summed E-state index contributed by atoms with van der Waals surface area (Å²) in [6.45, 7) is 4.02. The quantitative estimate of drug-likeness (QED) is 0.769. The van der Waals surface area contributed by atoms with Crippen LogP contribution in [0.25, 0.3) is 11.3 Å². The van der Waals surface area contributed by atoms with Crippen molar-refractivity contribution in [1.29, 1.82) is 0 Å². The highest BCUT2D eigenvalue weighted by molar-refractivity contribution is 5.92. The summed E-state index contributed by atoms with van der Waals surface area (Å²) in [5.41, 5.74) is 4.56. The molecule has 4 rings (SSSR count). The van der Waals surface area contributed by atoms with E-state index in [0.29, 0.717) is 11.5 Å². The maximum absolute atomic E-state index is 12.3. The predicted octanol–water partition coefficient (Wildman–Crippen LogP) is 4.15. The van der Waals surface area contributed by atoms with Crippen LogP contribution in [-0.2, 0) is 17.6 Å². The van der Waals surface area contributed by atoms with Gasteiger partial charge in [-0.1, -0.05) is 23.4 Å². The summed E-state index contributed by atoms with van der Waals surface area (Å²) in [7, 11) is 0. The Bertz CT molecular complexity index is 961. The Morgan fingerprint density at radius 3 is 2.92 bits per heavy atom. The summed E-state index contributed by atoms with van der Waals surface area (Å²) < 4.78 is 11.2. The monoisotopic (exact) mass is 348 g/mol. The van der Waals surface area contributed by atoms with Gasteiger partial charge < -0.3 is 14.6 Å². The van der Waals surface area contributed by atoms with Gasteiger partial charge in [0.05, 0.1) is 12.1 Å². The van der Waals surface area contributed by atoms with Gasteiger partial charge in [0.15, 0.2) is 5.76 Å². The van der Waals surface area contributed by atoms with Crippen LogP contribution >= 0.6 is 0 Å². The fourth-order valence-corrected chi connectivity index (χ4v) is 3.18. The first-order chi connectivity index (χ1) is 12.6. The first-order valence-electron chi connectivity index (χ1n) is 8.69. The molecule has 2 heterocycles. The second kappa shape index (κ2) is 6.67. The maximum Gasteiger partial charge on any atom is 0.230 e. The van der Waals surface area contributed by atoms with E-state index in [1.807, 2.05) is 49.4 Å². The number of hydrogen-bond acceptors (Lipinski definition) is 4. The van der Waals surface area contributed by atoms with Crippen molar-refractivity contribution in [2.75, 3.05) is 5.32 Å². The molecule has 0 spiro atoms. The first-order valence-corrected chi connectivity index (χ1v) is 8.69. The van der Waals surface area contributed by atoms with Crippen LogP contribution in [0.15, 0.2) is 53.1 Å². The van der Waals surface area contributed by atoms with Crippen molar-refractivity contribution >= 4 is 11.6 Å². The lowest BCUT2D eigenvalue weighted by Gasteiger charge is -2.06. The normalized spacial score (nSPS) is 15.4. The molecule has 0 fully saturated rings. The minimum absolute atomic E-state index is 0.115. The third-order valence-electron chi connectivity index (χ3n) is 4.50. The van der Waals surface area contributed by atoms with E-state index >= 15 is 0 Å². The Balaban J connectivity index is 1.46. The highest BCUT2D eigenvalue weighted by Crippen LogP contribution is 2.33. The zero-order chi connectivity index (χ0) is 18.1. The molecule has 1 atom stereocenters. The number of carbonyl (C=O) groups excluding carboxylic acids is 1. The molecule has 132 valence electrons. The van der Waals surface area contributed by atoms with Crippen LogP contribution in [0.4, 0.5) is 5.69 Å². The summed E-state index contributed by atoms with van der Waals surface area (Å²) >= 11 is 0. The van der Waals surface area contributed by atoms with Crippen LogP contribution in [0.1, 0.15) is 23.7 Å². The lowest BCUT2D eigenvalue weighted by molar-refractivity contribution is -0.115. The molecule has 5 heteroatoms. The predicted molar refractivity (Wildman–Crippen MR) is 99.2 cm³/mol. The zero-order valence-corrected chi connectivity index (χ0v) is 14.8. The standard InChI is InChI=1S/C21H20N2O3/c1-13-5-3-4-6-18(13)22-21(24)12-17-11-20(26-23-17)15-7-8-19-16(10-15)9-14(2)25-19/h3-8,10-11,14H,9,12H2,1-2H3,(H,22,24). The highest BCUT2D eigenvalue weighted by atomic mass is 16.5. The molecule has 0 saturated carbocycles. The van der Waals surface area contributed by atoms with Crippen molar-refractivity contribution < 1.29 is 14.1 Å². The molecule has 1 aromatic heterocycles. The number of benzene rings is 2. The number of fused-ring (bicyclic) bond motifs is 1. The van der Waals surface area contributed by atoms with Crippen LogP contribution in [0.2, 0.25) is 0 Å². The third kappa shape index (κ3) is 3.33. The lowest BCUT2D eigenvalue weighted by Crippen LogP contribution is -2.15. The summed E-state index contributed by atoms with van der Waals surface area (Å²) in [5.74, 6) is 1.47. The molecule has 1 aliphatic heterocycles. The Morgan fingerprint density at radius 1 is 1.23 bits per heavy atom. The smallest absolute Gasteiger partial charge is 0.230 e. The minimum atomic E-state index is -0.115. The Kier molecular flexibility index (Phi) is 4.21. The number of hydrogen-bond donors (Lipinski definition) is 1. The molecule has 26 heavy (non-hydrogen) atoms. The Labute approximate surface area is 152 Å². The van der Waals surface area contributed by atoms with Crippen molar-refractivity contribution in [2.24, 2.45) is 0 Å². The van der Waals surface area contributed by atoms with Gasteiger partial charge in [-0.15, -0.1) is 0 Å². The van der Waals surface area contributed by atoms with Gasteiger partial charge in [-0.25, -0.2) is 0 Å². The molecule has 0 saturated heterocycles. The summed E-state index contributed by atoms with van der Waals surface area (Å²) in [4.78, 5) is 12.3. The van der Waals surface area contributed by atoms with Gasteiger partial charge in [0.25, 0.3) is 0 Å². The number of anilines is 1. The minimum Gasteiger partial charge on any atom is -0.490 e. The van der Waals surface area contributed by atoms with Crippen LogP contribution in [0.3, 0.4) is 0 Å². The summed E-state index contributed by atoms with van der Waals surface area (Å²) in [6, 6.07) is 15.5. The second-order valence-corrected chi connectivity index (χ2v) is 6.68. The maximum atomic E-state index is 12.3. The van der Waals surface area contributed by atoms with E-state index in [1.165, 1.54) is 5.56 Å². The van der Waals surface area contributed by atoms with Gasteiger partial charge in [-0.05, 0) is 49.2 Å². The van der Waals surface area contributed by atoms with Crippen molar-refractivity contribution in [3.63, 3.8) is 0 Å². The van der Waals surface area contributed by atoms with Crippen molar-refractivity contribution in [2.45, 2.75) is 32.8 Å². The topological polar surface area (TPSA) is 64.4 Å². The molecule has 0 bridgehead atoms. The van der Waals surface area contributed by atoms with Gasteiger partial charge in [-0.2, -0.15) is 0 Å². The second-order valence-electron chi connectivity index (χ2n) is 6.68. The molecule has 1 unspecified atom stereocenters. The zero-order valence-electron chi connectivity index (χ0n) is 14.8. The van der Waals surface area contributed by atoms with E-state index in [9.17, 15) is 4.79 Å². The number of rotatable bonds is 4. The molecule has 5 nitrogen and oxygen atoms in total. The molecule has 1 N–H and O–H groups in total. The molecule has 1 amide bonds. The van der Waals surface area contributed by atoms with E-state index in [-0.39, 0.29) is 18.4 Å². The van der Waals surface area contributed by atoms with Crippen LogP contribution < -0.4 is 10.1 Å². The summed E-state index contributed by atoms with van der Waals surface area (Å²) in [6.07, 6.45) is 1.27. The Morgan fingerprint density at radius 2 is 2.08 bits per heavy atom. The molecule has 3 aromatic rings. The van der Waals surface area contributed by atoms with Gasteiger partial charge in [-0.3, -0.25) is 4.79 Å². The number of amides is 1. The van der Waals surface area contributed by atoms with Crippen molar-refractivity contribution in [3.05, 3.63) is 65.4 Å². The number of aryl methyl sites for hydroxylation is 1. The van der Waals surface area contributed by atoms with Crippen LogP contribution in [-0.4, -0.2) is 17.2 Å². The average Bonchev–Trinajstić information content (AvgIpc) is 3.21. The third-order valence-corrected chi connectivity index (χ3v) is 4.50. The van der Waals surface area contributed by atoms with E-state index in [2.05, 4.69) is 23.5 Å². The number of nitrogens with zero attached hydrogens (tertiary/aromatic N) is 1. The van der Waals surface area contributed by atoms with Gasteiger partial charge >= 0.3 is 0 Å². The number of para-hydroxylation sites is 1. The van der Waals surface area contributed by atoms with Gasteiger partial charge in [0.2, 0.25) is 5.91 Å². The number of carbonyl (C=O) groups is 1. The largest absolute Gasteiger partial charge is 0.490 e. The molecule has 0 aliphatic carbocycles.